The molecule has 1 aliphatic rings. The van der Waals surface area contributed by atoms with Crippen LogP contribution in [0.25, 0.3) is 11.3 Å². The Bertz CT molecular complexity index is 1030. The van der Waals surface area contributed by atoms with Gasteiger partial charge in [0.25, 0.3) is 5.91 Å². The molecule has 0 unspecified atom stereocenters. The lowest BCUT2D eigenvalue weighted by molar-refractivity contribution is 0.0947. The number of benzene rings is 1. The zero-order valence-electron chi connectivity index (χ0n) is 15.8. The van der Waals surface area contributed by atoms with E-state index >= 15 is 0 Å². The van der Waals surface area contributed by atoms with E-state index in [0.717, 1.165) is 12.8 Å². The molecular formula is C21H20FN3O4. The van der Waals surface area contributed by atoms with E-state index in [-0.39, 0.29) is 29.6 Å². The zero-order chi connectivity index (χ0) is 20.4. The molecule has 29 heavy (non-hydrogen) atoms. The van der Waals surface area contributed by atoms with Gasteiger partial charge in [-0.2, -0.15) is 0 Å². The number of aromatic amines is 1. The monoisotopic (exact) mass is 397 g/mol. The third-order valence-electron chi connectivity index (χ3n) is 4.82. The van der Waals surface area contributed by atoms with Gasteiger partial charge in [0.15, 0.2) is 5.76 Å². The molecule has 2 N–H and O–H groups in total. The summed E-state index contributed by atoms with van der Waals surface area (Å²) in [6, 6.07) is 7.12. The van der Waals surface area contributed by atoms with Gasteiger partial charge in [0, 0.05) is 31.0 Å². The Labute approximate surface area is 166 Å². The predicted molar refractivity (Wildman–Crippen MR) is 102 cm³/mol. The maximum atomic E-state index is 13.3. The predicted octanol–water partition coefficient (Wildman–Crippen LogP) is 3.33. The first-order chi connectivity index (χ1) is 14.1. The Balaban J connectivity index is 1.62. The van der Waals surface area contributed by atoms with E-state index in [1.165, 1.54) is 43.6 Å². The second kappa shape index (κ2) is 8.00. The van der Waals surface area contributed by atoms with Crippen molar-refractivity contribution in [3.8, 4) is 11.3 Å². The molecule has 3 aromatic rings. The number of methoxy groups -OCH3 is 1. The molecule has 0 saturated heterocycles. The van der Waals surface area contributed by atoms with E-state index in [9.17, 15) is 14.0 Å². The number of hydrogen-bond donors (Lipinski definition) is 2. The van der Waals surface area contributed by atoms with Crippen LogP contribution < -0.4 is 5.32 Å². The van der Waals surface area contributed by atoms with E-state index in [1.54, 1.807) is 0 Å². The van der Waals surface area contributed by atoms with Crippen molar-refractivity contribution in [3.63, 3.8) is 0 Å². The maximum absolute atomic E-state index is 13.3. The second-order valence-electron chi connectivity index (χ2n) is 7.05. The Morgan fingerprint density at radius 3 is 2.76 bits per heavy atom. The largest absolute Gasteiger partial charge is 0.377 e. The fourth-order valence-corrected chi connectivity index (χ4v) is 3.05. The van der Waals surface area contributed by atoms with Gasteiger partial charge in [-0.15, -0.1) is 0 Å². The molecule has 1 amide bonds. The number of nitrogens with zero attached hydrogens (tertiary/aromatic N) is 1. The fourth-order valence-electron chi connectivity index (χ4n) is 3.05. The van der Waals surface area contributed by atoms with E-state index < -0.39 is 5.82 Å². The standard InChI is InChI=1S/C21H20FN3O4/c1-28-11-17-18(19(25-29-17)13-4-6-15(22)7-5-13)20(26)14-8-16(23-10-14)21(27)24-9-12-2-3-12/h4-8,10,12,23H,2-3,9,11H2,1H3,(H,24,27). The number of halogens is 1. The Morgan fingerprint density at radius 2 is 2.07 bits per heavy atom. The van der Waals surface area contributed by atoms with Gasteiger partial charge in [0.05, 0.1) is 5.56 Å². The summed E-state index contributed by atoms with van der Waals surface area (Å²) < 4.78 is 23.7. The maximum Gasteiger partial charge on any atom is 0.267 e. The topological polar surface area (TPSA) is 97.2 Å². The first-order valence-corrected chi connectivity index (χ1v) is 9.31. The van der Waals surface area contributed by atoms with Crippen LogP contribution in [0.2, 0.25) is 0 Å². The third-order valence-corrected chi connectivity index (χ3v) is 4.82. The van der Waals surface area contributed by atoms with E-state index in [0.29, 0.717) is 35.0 Å². The number of nitrogens with one attached hydrogen (secondary N) is 2. The van der Waals surface area contributed by atoms with Crippen LogP contribution in [-0.4, -0.2) is 35.5 Å². The van der Waals surface area contributed by atoms with Crippen LogP contribution in [0.15, 0.2) is 41.1 Å². The molecule has 0 bridgehead atoms. The van der Waals surface area contributed by atoms with Crippen molar-refractivity contribution in [2.75, 3.05) is 13.7 Å². The quantitative estimate of drug-likeness (QED) is 0.568. The van der Waals surface area contributed by atoms with Crippen molar-refractivity contribution in [2.24, 2.45) is 5.92 Å². The molecule has 1 fully saturated rings. The van der Waals surface area contributed by atoms with Crippen molar-refractivity contribution < 1.29 is 23.2 Å². The Morgan fingerprint density at radius 1 is 1.31 bits per heavy atom. The van der Waals surface area contributed by atoms with Gasteiger partial charge in [-0.25, -0.2) is 4.39 Å². The number of carbonyl (C=O) groups excluding carboxylic acids is 2. The Kier molecular flexibility index (Phi) is 5.26. The number of hydrogen-bond acceptors (Lipinski definition) is 5. The zero-order valence-corrected chi connectivity index (χ0v) is 15.8. The van der Waals surface area contributed by atoms with Crippen LogP contribution in [0.4, 0.5) is 4.39 Å². The summed E-state index contributed by atoms with van der Waals surface area (Å²) in [5.41, 5.74) is 1.66. The lowest BCUT2D eigenvalue weighted by Crippen LogP contribution is -2.25. The van der Waals surface area contributed by atoms with Crippen LogP contribution >= 0.6 is 0 Å². The van der Waals surface area contributed by atoms with Gasteiger partial charge >= 0.3 is 0 Å². The summed E-state index contributed by atoms with van der Waals surface area (Å²) in [7, 11) is 1.48. The van der Waals surface area contributed by atoms with Gasteiger partial charge in [-0.05, 0) is 49.1 Å². The lowest BCUT2D eigenvalue weighted by Gasteiger charge is -2.03. The van der Waals surface area contributed by atoms with Crippen molar-refractivity contribution in [3.05, 3.63) is 64.9 Å². The normalized spacial score (nSPS) is 13.4. The van der Waals surface area contributed by atoms with Crippen molar-refractivity contribution in [1.82, 2.24) is 15.5 Å². The molecule has 150 valence electrons. The number of amides is 1. The molecule has 7 nitrogen and oxygen atoms in total. The Hall–Kier alpha value is -3.26. The molecule has 4 rings (SSSR count). The number of ketones is 1. The summed E-state index contributed by atoms with van der Waals surface area (Å²) in [6.45, 7) is 0.688. The summed E-state index contributed by atoms with van der Waals surface area (Å²) in [5.74, 6) is -0.193. The molecule has 1 saturated carbocycles. The van der Waals surface area contributed by atoms with Gasteiger partial charge in [0.1, 0.15) is 23.8 Å². The molecule has 1 aliphatic carbocycles. The summed E-state index contributed by atoms with van der Waals surface area (Å²) in [5, 5.41) is 6.85. The minimum Gasteiger partial charge on any atom is -0.377 e. The van der Waals surface area contributed by atoms with Crippen molar-refractivity contribution >= 4 is 11.7 Å². The highest BCUT2D eigenvalue weighted by atomic mass is 19.1. The molecule has 0 aliphatic heterocycles. The van der Waals surface area contributed by atoms with Crippen LogP contribution in [0.3, 0.4) is 0 Å². The van der Waals surface area contributed by atoms with Gasteiger partial charge in [-0.3, -0.25) is 9.59 Å². The SMILES string of the molecule is COCc1onc(-c2ccc(F)cc2)c1C(=O)c1c[nH]c(C(=O)NCC2CC2)c1. The van der Waals surface area contributed by atoms with Gasteiger partial charge < -0.3 is 19.6 Å². The molecule has 8 heteroatoms. The highest BCUT2D eigenvalue weighted by molar-refractivity contribution is 6.13. The van der Waals surface area contributed by atoms with Crippen molar-refractivity contribution in [1.29, 1.82) is 0 Å². The number of carbonyl (C=O) groups is 2. The van der Waals surface area contributed by atoms with Gasteiger partial charge in [0.2, 0.25) is 5.78 Å². The van der Waals surface area contributed by atoms with Crippen LogP contribution in [0.1, 0.15) is 45.0 Å². The third kappa shape index (κ3) is 4.12. The van der Waals surface area contributed by atoms with Crippen molar-refractivity contribution in [2.45, 2.75) is 19.4 Å². The molecule has 0 spiro atoms. The molecule has 0 radical (unpaired) electrons. The summed E-state index contributed by atoms with van der Waals surface area (Å²) >= 11 is 0. The number of H-pyrrole nitrogens is 1. The van der Waals surface area contributed by atoms with Crippen LogP contribution in [-0.2, 0) is 11.3 Å². The molecule has 2 aromatic heterocycles. The van der Waals surface area contributed by atoms with E-state index in [2.05, 4.69) is 15.5 Å². The first kappa shape index (κ1) is 19.1. The molecule has 0 atom stereocenters. The number of aromatic nitrogens is 2. The average Bonchev–Trinajstić information content (AvgIpc) is 3.25. The highest BCUT2D eigenvalue weighted by Gasteiger charge is 2.27. The van der Waals surface area contributed by atoms with Crippen LogP contribution in [0.5, 0.6) is 0 Å². The minimum atomic E-state index is -0.394. The minimum absolute atomic E-state index is 0.0500. The number of ether oxygens (including phenoxy) is 1. The van der Waals surface area contributed by atoms with E-state index in [4.69, 9.17) is 9.26 Å². The molecule has 1 aromatic carbocycles. The smallest absolute Gasteiger partial charge is 0.267 e. The molecule has 2 heterocycles. The summed E-state index contributed by atoms with van der Waals surface area (Å²) in [6.07, 6.45) is 3.75. The number of rotatable bonds is 8. The fraction of sp³-hybridized carbons (Fsp3) is 0.286. The van der Waals surface area contributed by atoms with Crippen LogP contribution in [0, 0.1) is 11.7 Å². The second-order valence-corrected chi connectivity index (χ2v) is 7.05. The summed E-state index contributed by atoms with van der Waals surface area (Å²) in [4.78, 5) is 28.3. The van der Waals surface area contributed by atoms with E-state index in [1.807, 2.05) is 0 Å². The highest BCUT2D eigenvalue weighted by Crippen LogP contribution is 2.29. The van der Waals surface area contributed by atoms with Gasteiger partial charge in [-0.1, -0.05) is 5.16 Å². The average molecular weight is 397 g/mol. The lowest BCUT2D eigenvalue weighted by atomic mass is 9.99. The first-order valence-electron chi connectivity index (χ1n) is 9.31. The molecular weight excluding hydrogens is 377 g/mol.